The molecule has 15 nitrogen and oxygen atoms in total. The highest BCUT2D eigenvalue weighted by molar-refractivity contribution is 6.07. The lowest BCUT2D eigenvalue weighted by molar-refractivity contribution is -0.139. The summed E-state index contributed by atoms with van der Waals surface area (Å²) >= 11 is 0. The van der Waals surface area contributed by atoms with Gasteiger partial charge in [-0.1, -0.05) is 6.07 Å². The lowest BCUT2D eigenvalue weighted by Gasteiger charge is -2.61. The second kappa shape index (κ2) is 14.8. The molecule has 2 saturated heterocycles. The number of rotatable bonds is 9. The molecule has 8 rings (SSSR count). The number of carbonyl (C=O) groups excluding carboxylic acids is 5. The molecular weight excluding hydrogens is 731 g/mol. The number of amides is 6. The van der Waals surface area contributed by atoms with Crippen molar-refractivity contribution in [2.24, 2.45) is 12.5 Å². The molecule has 0 bridgehead atoms. The van der Waals surface area contributed by atoms with E-state index in [4.69, 9.17) is 9.47 Å². The SMILES string of the molecule is CNC(=O)N1CCc2c(-c3cc(OC)c(CN4CC5(CC(N6Cc7cc(C)c(C(=O)N(C=O)C8CCC(=O)NC8=O)cc7C6)C5)C4)c(OC)c3)cn(C)c(=O)c2C1. The molecule has 1 atom stereocenters. The van der Waals surface area contributed by atoms with Crippen LogP contribution in [0.3, 0.4) is 0 Å². The van der Waals surface area contributed by atoms with Crippen molar-refractivity contribution in [3.05, 3.63) is 79.8 Å². The van der Waals surface area contributed by atoms with Crippen molar-refractivity contribution in [3.8, 4) is 22.6 Å². The largest absolute Gasteiger partial charge is 0.496 e. The first-order valence-corrected chi connectivity index (χ1v) is 19.5. The normalized spacial score (nSPS) is 20.2. The van der Waals surface area contributed by atoms with Crippen LogP contribution < -0.4 is 25.7 Å². The van der Waals surface area contributed by atoms with Crippen molar-refractivity contribution in [2.75, 3.05) is 40.9 Å². The quantitative estimate of drug-likeness (QED) is 0.244. The molecule has 6 amide bonds. The summed E-state index contributed by atoms with van der Waals surface area (Å²) in [4.78, 5) is 82.7. The number of piperidine rings is 1. The van der Waals surface area contributed by atoms with Gasteiger partial charge in [0.2, 0.25) is 18.2 Å². The lowest BCUT2D eigenvalue weighted by atomic mass is 9.60. The number of urea groups is 1. The maximum atomic E-state index is 13.5. The Morgan fingerprint density at radius 2 is 1.67 bits per heavy atom. The van der Waals surface area contributed by atoms with Gasteiger partial charge in [0.1, 0.15) is 17.5 Å². The highest BCUT2D eigenvalue weighted by Crippen LogP contribution is 2.52. The molecule has 3 fully saturated rings. The van der Waals surface area contributed by atoms with E-state index in [1.54, 1.807) is 37.8 Å². The standard InChI is InChI=1S/C42H49N7O8/c1-24-10-26-16-48(17-27(26)11-30(24)40(54)49(23-50)34-6-7-37(51)44-38(34)52)28-14-42(15-28)21-46(22-42)19-33-35(56-4)12-25(13-36(33)57-5)31-18-45(3)39(53)32-20-47(41(55)43-2)9-8-29(31)32/h10-13,18,23,28,34H,6-9,14-17,19-22H2,1-5H3,(H,43,55)(H,44,51,52). The molecule has 2 aromatic carbocycles. The number of hydrogen-bond acceptors (Lipinski definition) is 10. The molecule has 5 aliphatic rings. The number of hydrogen-bond donors (Lipinski definition) is 2. The first kappa shape index (κ1) is 38.3. The van der Waals surface area contributed by atoms with E-state index in [2.05, 4.69) is 20.4 Å². The smallest absolute Gasteiger partial charge is 0.317 e. The molecule has 2 N–H and O–H groups in total. The fraction of sp³-hybridized carbons (Fsp3) is 0.476. The summed E-state index contributed by atoms with van der Waals surface area (Å²) in [7, 11) is 6.66. The third kappa shape index (κ3) is 6.75. The number of aryl methyl sites for hydroxylation is 2. The predicted octanol–water partition coefficient (Wildman–Crippen LogP) is 2.46. The average Bonchev–Trinajstić information content (AvgIpc) is 3.58. The van der Waals surface area contributed by atoms with Crippen molar-refractivity contribution in [1.29, 1.82) is 0 Å². The van der Waals surface area contributed by atoms with E-state index < -0.39 is 23.8 Å². The summed E-state index contributed by atoms with van der Waals surface area (Å²) in [5.74, 6) is -0.118. The Kier molecular flexibility index (Phi) is 9.93. The maximum absolute atomic E-state index is 13.5. The highest BCUT2D eigenvalue weighted by atomic mass is 16.5. The first-order chi connectivity index (χ1) is 27.3. The number of likely N-dealkylation sites (tertiary alicyclic amines) is 1. The number of benzene rings is 2. The number of methoxy groups -OCH3 is 2. The van der Waals surface area contributed by atoms with Gasteiger partial charge in [-0.25, -0.2) is 4.79 Å². The zero-order valence-electron chi connectivity index (χ0n) is 33.1. The number of aromatic nitrogens is 1. The minimum Gasteiger partial charge on any atom is -0.496 e. The summed E-state index contributed by atoms with van der Waals surface area (Å²) in [5, 5.41) is 4.90. The summed E-state index contributed by atoms with van der Waals surface area (Å²) in [6.45, 7) is 6.73. The first-order valence-electron chi connectivity index (χ1n) is 19.5. The summed E-state index contributed by atoms with van der Waals surface area (Å²) in [6.07, 6.45) is 5.17. The average molecular weight is 780 g/mol. The molecular formula is C42H49N7O8. The van der Waals surface area contributed by atoms with Crippen molar-refractivity contribution >= 4 is 30.2 Å². The molecule has 57 heavy (non-hydrogen) atoms. The number of ether oxygens (including phenoxy) is 2. The van der Waals surface area contributed by atoms with Crippen LogP contribution in [-0.2, 0) is 54.0 Å². The van der Waals surface area contributed by atoms with Crippen molar-refractivity contribution in [1.82, 2.24) is 34.8 Å². The molecule has 1 saturated carbocycles. The molecule has 300 valence electrons. The van der Waals surface area contributed by atoms with Crippen LogP contribution in [0.15, 0.2) is 35.3 Å². The molecule has 4 aliphatic heterocycles. The van der Waals surface area contributed by atoms with E-state index in [0.29, 0.717) is 49.6 Å². The highest BCUT2D eigenvalue weighted by Gasteiger charge is 2.54. The minimum absolute atomic E-state index is 0.0759. The van der Waals surface area contributed by atoms with Crippen LogP contribution >= 0.6 is 0 Å². The van der Waals surface area contributed by atoms with Crippen LogP contribution in [0.1, 0.15) is 69.4 Å². The summed E-state index contributed by atoms with van der Waals surface area (Å²) < 4.78 is 13.5. The van der Waals surface area contributed by atoms with Gasteiger partial charge in [0.15, 0.2) is 0 Å². The Labute approximate surface area is 330 Å². The summed E-state index contributed by atoms with van der Waals surface area (Å²) in [6, 6.07) is 7.16. The van der Waals surface area contributed by atoms with Gasteiger partial charge in [-0.15, -0.1) is 0 Å². The predicted molar refractivity (Wildman–Crippen MR) is 208 cm³/mol. The minimum atomic E-state index is -1.01. The Balaban J connectivity index is 0.912. The summed E-state index contributed by atoms with van der Waals surface area (Å²) in [5.41, 5.74) is 7.87. The van der Waals surface area contributed by atoms with Crippen LogP contribution in [-0.4, -0.2) is 107 Å². The third-order valence-corrected chi connectivity index (χ3v) is 12.8. The zero-order chi connectivity index (χ0) is 40.3. The van der Waals surface area contributed by atoms with Crippen molar-refractivity contribution in [3.63, 3.8) is 0 Å². The van der Waals surface area contributed by atoms with E-state index in [0.717, 1.165) is 82.3 Å². The van der Waals surface area contributed by atoms with Gasteiger partial charge in [-0.3, -0.25) is 44.0 Å². The van der Waals surface area contributed by atoms with Gasteiger partial charge in [0, 0.05) is 88.7 Å². The van der Waals surface area contributed by atoms with Crippen LogP contribution in [0.25, 0.3) is 11.1 Å². The third-order valence-electron chi connectivity index (χ3n) is 12.8. The molecule has 0 radical (unpaired) electrons. The van der Waals surface area contributed by atoms with Crippen LogP contribution in [0.5, 0.6) is 11.5 Å². The van der Waals surface area contributed by atoms with Gasteiger partial charge >= 0.3 is 6.03 Å². The Morgan fingerprint density at radius 1 is 0.982 bits per heavy atom. The number of fused-ring (bicyclic) bond motifs is 2. The Morgan fingerprint density at radius 3 is 2.30 bits per heavy atom. The number of pyridine rings is 1. The van der Waals surface area contributed by atoms with Gasteiger partial charge < -0.3 is 24.3 Å². The number of imide groups is 2. The van der Waals surface area contributed by atoms with E-state index in [1.807, 2.05) is 37.4 Å². The van der Waals surface area contributed by atoms with Crippen molar-refractivity contribution in [2.45, 2.75) is 77.3 Å². The second-order valence-electron chi connectivity index (χ2n) is 16.3. The molecule has 1 aliphatic carbocycles. The molecule has 15 heteroatoms. The van der Waals surface area contributed by atoms with Crippen LogP contribution in [0.2, 0.25) is 0 Å². The Hall–Kier alpha value is -5.54. The molecule has 5 heterocycles. The second-order valence-corrected chi connectivity index (χ2v) is 16.3. The van der Waals surface area contributed by atoms with Crippen LogP contribution in [0, 0.1) is 12.3 Å². The monoisotopic (exact) mass is 779 g/mol. The van der Waals surface area contributed by atoms with Gasteiger partial charge in [0.05, 0.1) is 26.3 Å². The fourth-order valence-electron chi connectivity index (χ4n) is 9.81. The van der Waals surface area contributed by atoms with E-state index in [1.165, 1.54) is 5.56 Å². The maximum Gasteiger partial charge on any atom is 0.317 e. The Bertz CT molecular complexity index is 2230. The topological polar surface area (TPSA) is 163 Å². The molecule has 3 aromatic rings. The lowest BCUT2D eigenvalue weighted by Crippen LogP contribution is -2.65. The van der Waals surface area contributed by atoms with Gasteiger partial charge in [-0.2, -0.15) is 0 Å². The fourth-order valence-corrected chi connectivity index (χ4v) is 9.81. The molecule has 1 aromatic heterocycles. The van der Waals surface area contributed by atoms with Crippen LogP contribution in [0.4, 0.5) is 4.79 Å². The molecule has 1 spiro atoms. The number of nitrogens with one attached hydrogen (secondary N) is 2. The van der Waals surface area contributed by atoms with E-state index in [-0.39, 0.29) is 36.4 Å². The van der Waals surface area contributed by atoms with E-state index in [9.17, 15) is 28.8 Å². The number of nitrogens with zero attached hydrogens (tertiary/aromatic N) is 5. The van der Waals surface area contributed by atoms with Gasteiger partial charge in [0.25, 0.3) is 11.5 Å². The molecule has 1 unspecified atom stereocenters. The van der Waals surface area contributed by atoms with E-state index >= 15 is 0 Å². The van der Waals surface area contributed by atoms with Crippen molar-refractivity contribution < 1.29 is 33.4 Å². The van der Waals surface area contributed by atoms with Gasteiger partial charge in [-0.05, 0) is 84.0 Å². The number of carbonyl (C=O) groups is 5. The zero-order valence-corrected chi connectivity index (χ0v) is 33.1.